The maximum Gasteiger partial charge on any atom is 0.00940 e. The fraction of sp³-hybridized carbons (Fsp3) is 1.00. The summed E-state index contributed by atoms with van der Waals surface area (Å²) in [6.07, 6.45) is 29.3. The molecule has 0 radical (unpaired) electrons. The quantitative estimate of drug-likeness (QED) is 0.114. The van der Waals surface area contributed by atoms with E-state index in [1.807, 2.05) is 0 Å². The van der Waals surface area contributed by atoms with Crippen LogP contribution in [0.4, 0.5) is 0 Å². The van der Waals surface area contributed by atoms with E-state index < -0.39 is 0 Å². The number of rotatable bonds is 26. The number of nitrogens with zero attached hydrogens (tertiary/aromatic N) is 1. The van der Waals surface area contributed by atoms with E-state index in [9.17, 15) is 0 Å². The third-order valence-corrected chi connectivity index (χ3v) is 8.56. The topological polar surface area (TPSA) is 27.3 Å². The molecule has 1 heterocycles. The first kappa shape index (κ1) is 33.9. The van der Waals surface area contributed by atoms with Crippen LogP contribution in [0.5, 0.6) is 0 Å². The molecule has 0 aromatic rings. The van der Waals surface area contributed by atoms with Crippen molar-refractivity contribution in [2.45, 2.75) is 175 Å². The smallest absolute Gasteiger partial charge is 0.00940 e. The Bertz CT molecular complexity index is 433. The fourth-order valence-corrected chi connectivity index (χ4v) is 6.05. The highest BCUT2D eigenvalue weighted by atomic mass is 15.1. The molecule has 3 heteroatoms. The van der Waals surface area contributed by atoms with Crippen molar-refractivity contribution in [2.24, 2.45) is 5.92 Å². The van der Waals surface area contributed by atoms with E-state index in [0.717, 1.165) is 18.0 Å². The van der Waals surface area contributed by atoms with Crippen molar-refractivity contribution in [1.82, 2.24) is 15.5 Å². The van der Waals surface area contributed by atoms with Crippen LogP contribution in [-0.2, 0) is 0 Å². The van der Waals surface area contributed by atoms with Crippen molar-refractivity contribution in [1.29, 1.82) is 0 Å². The highest BCUT2D eigenvalue weighted by Gasteiger charge is 2.21. The van der Waals surface area contributed by atoms with Crippen LogP contribution in [0.25, 0.3) is 0 Å². The van der Waals surface area contributed by atoms with Gasteiger partial charge in [-0.2, -0.15) is 0 Å². The number of nitrogens with one attached hydrogen (secondary N) is 2. The van der Waals surface area contributed by atoms with E-state index in [1.54, 1.807) is 0 Å². The summed E-state index contributed by atoms with van der Waals surface area (Å²) >= 11 is 0. The van der Waals surface area contributed by atoms with Gasteiger partial charge in [-0.3, -0.25) is 0 Å². The Balaban J connectivity index is 2.20. The van der Waals surface area contributed by atoms with Gasteiger partial charge in [0.2, 0.25) is 0 Å². The summed E-state index contributed by atoms with van der Waals surface area (Å²) < 4.78 is 0. The van der Waals surface area contributed by atoms with Gasteiger partial charge in [-0.1, -0.05) is 118 Å². The van der Waals surface area contributed by atoms with Crippen LogP contribution in [0.3, 0.4) is 0 Å². The Morgan fingerprint density at radius 3 is 1.69 bits per heavy atom. The molecule has 0 aliphatic carbocycles. The van der Waals surface area contributed by atoms with Gasteiger partial charge in [-0.05, 0) is 83.6 Å². The lowest BCUT2D eigenvalue weighted by molar-refractivity contribution is 0.184. The molecule has 3 nitrogen and oxygen atoms in total. The normalized spacial score (nSPS) is 17.0. The number of hydrogen-bond donors (Lipinski definition) is 2. The first-order valence-corrected chi connectivity index (χ1v) is 16.9. The van der Waals surface area contributed by atoms with Gasteiger partial charge in [0.15, 0.2) is 0 Å². The molecule has 0 spiro atoms. The molecule has 1 saturated heterocycles. The van der Waals surface area contributed by atoms with Crippen molar-refractivity contribution in [3.63, 3.8) is 0 Å². The Kier molecular flexibility index (Phi) is 23.7. The maximum atomic E-state index is 4.11. The van der Waals surface area contributed by atoms with Gasteiger partial charge in [0.1, 0.15) is 0 Å². The van der Waals surface area contributed by atoms with Gasteiger partial charge in [0.05, 0.1) is 0 Å². The van der Waals surface area contributed by atoms with Gasteiger partial charge in [-0.25, -0.2) is 0 Å². The van der Waals surface area contributed by atoms with Crippen LogP contribution < -0.4 is 10.6 Å². The Morgan fingerprint density at radius 2 is 1.11 bits per heavy atom. The number of hydrogen-bond acceptors (Lipinski definition) is 3. The van der Waals surface area contributed by atoms with E-state index in [0.29, 0.717) is 0 Å². The van der Waals surface area contributed by atoms with Crippen LogP contribution in [0, 0.1) is 5.92 Å². The summed E-state index contributed by atoms with van der Waals surface area (Å²) in [5, 5.41) is 7.95. The van der Waals surface area contributed by atoms with Crippen molar-refractivity contribution in [2.75, 3.05) is 32.7 Å². The molecule has 0 bridgehead atoms. The number of unbranched alkanes of at least 4 members (excludes halogenated alkanes) is 10. The molecule has 1 aliphatic heterocycles. The van der Waals surface area contributed by atoms with Crippen LogP contribution in [0.15, 0.2) is 0 Å². The minimum absolute atomic E-state index is 0.758. The molecular weight excluding hydrogens is 438 g/mol. The highest BCUT2D eigenvalue weighted by molar-refractivity contribution is 4.81. The average molecular weight is 508 g/mol. The van der Waals surface area contributed by atoms with Crippen molar-refractivity contribution >= 4 is 0 Å². The van der Waals surface area contributed by atoms with Crippen LogP contribution in [0.1, 0.15) is 163 Å². The molecule has 2 N–H and O–H groups in total. The monoisotopic (exact) mass is 508 g/mol. The zero-order chi connectivity index (χ0) is 26.1. The zero-order valence-electron chi connectivity index (χ0n) is 25.6. The predicted octanol–water partition coefficient (Wildman–Crippen LogP) is 9.11. The van der Waals surface area contributed by atoms with Gasteiger partial charge in [-0.15, -0.1) is 0 Å². The Labute approximate surface area is 228 Å². The predicted molar refractivity (Wildman–Crippen MR) is 163 cm³/mol. The molecule has 1 fully saturated rings. The molecule has 1 aliphatic rings. The molecule has 0 aromatic carbocycles. The molecule has 36 heavy (non-hydrogen) atoms. The molecular formula is C33H69N3. The molecule has 216 valence electrons. The second kappa shape index (κ2) is 25.2. The summed E-state index contributed by atoms with van der Waals surface area (Å²) in [6, 6.07) is 1.52. The first-order valence-electron chi connectivity index (χ1n) is 16.9. The summed E-state index contributed by atoms with van der Waals surface area (Å²) in [4.78, 5) is 2.73. The highest BCUT2D eigenvalue weighted by Crippen LogP contribution is 2.18. The second-order valence-corrected chi connectivity index (χ2v) is 12.1. The Hall–Kier alpha value is -0.120. The maximum absolute atomic E-state index is 4.11. The summed E-state index contributed by atoms with van der Waals surface area (Å²) in [5.41, 5.74) is 0. The minimum atomic E-state index is 0.758. The molecule has 0 aromatic heterocycles. The summed E-state index contributed by atoms with van der Waals surface area (Å²) in [5.74, 6) is 0.905. The van der Waals surface area contributed by atoms with E-state index >= 15 is 0 Å². The lowest BCUT2D eigenvalue weighted by Gasteiger charge is -2.35. The average Bonchev–Trinajstić information content (AvgIpc) is 2.89. The zero-order valence-corrected chi connectivity index (χ0v) is 25.6. The molecule has 2 unspecified atom stereocenters. The fourth-order valence-electron chi connectivity index (χ4n) is 6.05. The van der Waals surface area contributed by atoms with Crippen LogP contribution >= 0.6 is 0 Å². The van der Waals surface area contributed by atoms with Crippen molar-refractivity contribution in [3.05, 3.63) is 0 Å². The number of piperidine rings is 1. The van der Waals surface area contributed by atoms with E-state index in [-0.39, 0.29) is 0 Å². The van der Waals surface area contributed by atoms with E-state index in [2.05, 4.69) is 43.2 Å². The van der Waals surface area contributed by atoms with E-state index in [1.165, 1.54) is 168 Å². The minimum Gasteiger partial charge on any atom is -0.316 e. The third-order valence-electron chi connectivity index (χ3n) is 8.56. The Morgan fingerprint density at radius 1 is 0.611 bits per heavy atom. The van der Waals surface area contributed by atoms with Gasteiger partial charge in [0.25, 0.3) is 0 Å². The third kappa shape index (κ3) is 19.0. The lowest BCUT2D eigenvalue weighted by Crippen LogP contribution is -2.46. The van der Waals surface area contributed by atoms with Gasteiger partial charge >= 0.3 is 0 Å². The number of likely N-dealkylation sites (tertiary alicyclic amines) is 1. The largest absolute Gasteiger partial charge is 0.316 e. The summed E-state index contributed by atoms with van der Waals surface area (Å²) in [7, 11) is 0. The SMILES string of the molecule is CCCCCCC(CCCCC)CNCCCN1CCC(NC(CCCCC)CCCCCC)CC1. The van der Waals surface area contributed by atoms with Crippen LogP contribution in [0.2, 0.25) is 0 Å². The summed E-state index contributed by atoms with van der Waals surface area (Å²) in [6.45, 7) is 15.6. The molecule has 0 amide bonds. The van der Waals surface area contributed by atoms with Crippen molar-refractivity contribution < 1.29 is 0 Å². The lowest BCUT2D eigenvalue weighted by atomic mass is 9.94. The first-order chi connectivity index (χ1) is 17.7. The van der Waals surface area contributed by atoms with Gasteiger partial charge in [0, 0.05) is 12.1 Å². The second-order valence-electron chi connectivity index (χ2n) is 12.1. The standard InChI is InChI=1S/C33H69N3/c1-5-9-13-17-21-31(20-15-11-7-3)30-34-26-19-27-36-28-24-33(25-29-36)35-32(22-16-12-8-4)23-18-14-10-6-2/h31-35H,5-30H2,1-4H3. The molecule has 1 rings (SSSR count). The molecule has 0 saturated carbocycles. The molecule has 2 atom stereocenters. The van der Waals surface area contributed by atoms with Gasteiger partial charge < -0.3 is 15.5 Å². The van der Waals surface area contributed by atoms with E-state index in [4.69, 9.17) is 0 Å². The van der Waals surface area contributed by atoms with Crippen molar-refractivity contribution in [3.8, 4) is 0 Å². The van der Waals surface area contributed by atoms with Crippen LogP contribution in [-0.4, -0.2) is 49.7 Å².